The lowest BCUT2D eigenvalue weighted by atomic mass is 11.8. The van der Waals surface area contributed by atoms with Crippen molar-refractivity contribution in [2.24, 2.45) is 0 Å². The third-order valence-corrected chi connectivity index (χ3v) is 0. The van der Waals surface area contributed by atoms with Crippen molar-refractivity contribution in [2.45, 2.75) is 0 Å². The molecule has 0 atom stereocenters. The van der Waals surface area contributed by atoms with Gasteiger partial charge in [0.1, 0.15) is 0 Å². The smallest absolute Gasteiger partial charge is 0.0500 e. The van der Waals surface area contributed by atoms with Gasteiger partial charge in [0.15, 0.2) is 0 Å². The second kappa shape index (κ2) is 8.97. The van der Waals surface area contributed by atoms with E-state index in [-0.39, 0.29) is 24.0 Å². The summed E-state index contributed by atoms with van der Waals surface area (Å²) in [6, 6.07) is 0. The molecule has 0 aromatic carbocycles. The first-order valence-corrected chi connectivity index (χ1v) is 0.956. The first-order chi connectivity index (χ1) is 1.41. The van der Waals surface area contributed by atoms with E-state index in [2.05, 4.69) is 17.1 Å². The van der Waals surface area contributed by atoms with Crippen molar-refractivity contribution in [3.8, 4) is 0 Å². The van der Waals surface area contributed by atoms with Gasteiger partial charge in [-0.05, 0) is 12.9 Å². The van der Waals surface area contributed by atoms with Crippen molar-refractivity contribution in [1.82, 2.24) is 0 Å². The van der Waals surface area contributed by atoms with Crippen LogP contribution in [0.15, 0.2) is 0 Å². The maximum absolute atomic E-state index is 3.94. The highest BCUT2D eigenvalue weighted by Gasteiger charge is 1.27. The van der Waals surface area contributed by atoms with Gasteiger partial charge in [0, 0.05) is 7.11 Å². The van der Waals surface area contributed by atoms with E-state index < -0.39 is 0 Å². The van der Waals surface area contributed by atoms with Crippen LogP contribution in [-0.4, -0.2) is 7.11 Å². The number of thiol groups is 1. The van der Waals surface area contributed by atoms with E-state index in [1.807, 2.05) is 0 Å². The number of halogens is 1. The highest BCUT2D eigenvalue weighted by Crippen LogP contribution is 1.57. The molecule has 0 aliphatic rings. The minimum atomic E-state index is 0. The average molecular weight is 192 g/mol. The maximum atomic E-state index is 3.94. The van der Waals surface area contributed by atoms with Crippen molar-refractivity contribution < 1.29 is 4.18 Å². The van der Waals surface area contributed by atoms with Crippen LogP contribution in [0, 0.1) is 0 Å². The highest BCUT2D eigenvalue weighted by molar-refractivity contribution is 14.0. The monoisotopic (exact) mass is 192 g/mol. The summed E-state index contributed by atoms with van der Waals surface area (Å²) < 4.78 is 3.94. The van der Waals surface area contributed by atoms with Crippen LogP contribution in [0.1, 0.15) is 0 Å². The van der Waals surface area contributed by atoms with Crippen LogP contribution in [0.25, 0.3) is 0 Å². The molecule has 0 heterocycles. The molecule has 0 radical (unpaired) electrons. The molecule has 0 amide bonds. The van der Waals surface area contributed by atoms with Crippen molar-refractivity contribution >= 4 is 36.9 Å². The van der Waals surface area contributed by atoms with E-state index in [4.69, 9.17) is 0 Å². The molecule has 0 saturated heterocycles. The Morgan fingerprint density at radius 3 is 1.75 bits per heavy atom. The SMILES string of the molecule is COS.I. The Morgan fingerprint density at radius 2 is 1.75 bits per heavy atom. The Balaban J connectivity index is 0. The Labute approximate surface area is 48.4 Å². The zero-order chi connectivity index (χ0) is 2.71. The summed E-state index contributed by atoms with van der Waals surface area (Å²) in [5, 5.41) is 0. The molecule has 0 aliphatic carbocycles. The quantitative estimate of drug-likeness (QED) is 0.343. The summed E-state index contributed by atoms with van der Waals surface area (Å²) in [7, 11) is 1.49. The fourth-order valence-corrected chi connectivity index (χ4v) is 0. The van der Waals surface area contributed by atoms with E-state index in [9.17, 15) is 0 Å². The lowest BCUT2D eigenvalue weighted by molar-refractivity contribution is 0.500. The molecule has 1 nitrogen and oxygen atoms in total. The van der Waals surface area contributed by atoms with Gasteiger partial charge in [-0.25, -0.2) is 0 Å². The maximum Gasteiger partial charge on any atom is 0.0500 e. The largest absolute Gasteiger partial charge is 0.322 e. The minimum Gasteiger partial charge on any atom is -0.322 e. The second-order valence-electron chi connectivity index (χ2n) is 0.183. The standard InChI is InChI=1S/CH4OS.HI/c1-2-3;/h3H,1H3;1H. The molecule has 4 heavy (non-hydrogen) atoms. The van der Waals surface area contributed by atoms with E-state index in [1.54, 1.807) is 0 Å². The first kappa shape index (κ1) is 8.90. The molecule has 0 fully saturated rings. The second-order valence-corrected chi connectivity index (χ2v) is 0.548. The fourth-order valence-electron chi connectivity index (χ4n) is 0. The van der Waals surface area contributed by atoms with E-state index in [0.29, 0.717) is 0 Å². The van der Waals surface area contributed by atoms with Crippen LogP contribution in [0.5, 0.6) is 0 Å². The molecule has 0 bridgehead atoms. The van der Waals surface area contributed by atoms with Gasteiger partial charge in [-0.1, -0.05) is 0 Å². The predicted octanol–water partition coefficient (Wildman–Crippen LogP) is 1.10. The van der Waals surface area contributed by atoms with Gasteiger partial charge in [-0.3, -0.25) is 0 Å². The molecular weight excluding hydrogens is 187 g/mol. The average Bonchev–Trinajstić information content (AvgIpc) is 0.918. The number of rotatable bonds is 0. The van der Waals surface area contributed by atoms with E-state index in [0.717, 1.165) is 0 Å². The van der Waals surface area contributed by atoms with Gasteiger partial charge in [0.2, 0.25) is 0 Å². The lowest BCUT2D eigenvalue weighted by Gasteiger charge is -1.58. The van der Waals surface area contributed by atoms with Crippen molar-refractivity contribution in [3.05, 3.63) is 0 Å². The van der Waals surface area contributed by atoms with Crippen LogP contribution < -0.4 is 0 Å². The predicted molar refractivity (Wildman–Crippen MR) is 31.4 cm³/mol. The van der Waals surface area contributed by atoms with Gasteiger partial charge in [0.25, 0.3) is 0 Å². The van der Waals surface area contributed by atoms with Crippen LogP contribution in [0.3, 0.4) is 0 Å². The van der Waals surface area contributed by atoms with Gasteiger partial charge >= 0.3 is 0 Å². The zero-order valence-electron chi connectivity index (χ0n) is 2.26. The zero-order valence-corrected chi connectivity index (χ0v) is 5.49. The summed E-state index contributed by atoms with van der Waals surface area (Å²) in [6.45, 7) is 0. The fraction of sp³-hybridized carbons (Fsp3) is 1.00. The van der Waals surface area contributed by atoms with Gasteiger partial charge in [-0.2, -0.15) is 0 Å². The van der Waals surface area contributed by atoms with Crippen LogP contribution >= 0.6 is 36.9 Å². The summed E-state index contributed by atoms with van der Waals surface area (Å²) in [5.74, 6) is 0. The van der Waals surface area contributed by atoms with Crippen LogP contribution in [0.2, 0.25) is 0 Å². The minimum absolute atomic E-state index is 0. The topological polar surface area (TPSA) is 9.23 Å². The van der Waals surface area contributed by atoms with Crippen molar-refractivity contribution in [3.63, 3.8) is 0 Å². The summed E-state index contributed by atoms with van der Waals surface area (Å²) in [5.41, 5.74) is 0. The highest BCUT2D eigenvalue weighted by atomic mass is 127. The molecule has 0 spiro atoms. The summed E-state index contributed by atoms with van der Waals surface area (Å²) in [4.78, 5) is 0. The Kier molecular flexibility index (Phi) is 20.0. The lowest BCUT2D eigenvalue weighted by Crippen LogP contribution is -1.40. The Morgan fingerprint density at radius 1 is 1.75 bits per heavy atom. The normalized spacial score (nSPS) is 4.50. The van der Waals surface area contributed by atoms with Gasteiger partial charge in [-0.15, -0.1) is 24.0 Å². The third-order valence-electron chi connectivity index (χ3n) is 0. The van der Waals surface area contributed by atoms with Gasteiger partial charge < -0.3 is 4.18 Å². The molecule has 0 unspecified atom stereocenters. The molecule has 0 aromatic rings. The first-order valence-electron chi connectivity index (χ1n) is 0.591. The molecule has 0 saturated carbocycles. The molecular formula is CH5IOS. The number of hydrogen-bond donors (Lipinski definition) is 1. The third kappa shape index (κ3) is 11.7. The summed E-state index contributed by atoms with van der Waals surface area (Å²) >= 11 is 3.29. The summed E-state index contributed by atoms with van der Waals surface area (Å²) in [6.07, 6.45) is 0. The molecule has 0 N–H and O–H groups in total. The van der Waals surface area contributed by atoms with Gasteiger partial charge in [0.05, 0.1) is 0 Å². The van der Waals surface area contributed by atoms with Crippen molar-refractivity contribution in [2.75, 3.05) is 7.11 Å². The Bertz CT molecular complexity index is 8.00. The molecule has 0 rings (SSSR count). The molecule has 28 valence electrons. The van der Waals surface area contributed by atoms with E-state index >= 15 is 0 Å². The number of hydrogen-bond acceptors (Lipinski definition) is 2. The van der Waals surface area contributed by atoms with Crippen molar-refractivity contribution in [1.29, 1.82) is 0 Å². The molecule has 0 aromatic heterocycles. The molecule has 3 heteroatoms. The Hall–Kier alpha value is 1.04. The molecule has 0 aliphatic heterocycles. The van der Waals surface area contributed by atoms with Crippen LogP contribution in [0.4, 0.5) is 0 Å². The van der Waals surface area contributed by atoms with E-state index in [1.165, 1.54) is 7.11 Å². The van der Waals surface area contributed by atoms with Crippen LogP contribution in [-0.2, 0) is 4.18 Å².